The number of amides is 2. The third-order valence-electron chi connectivity index (χ3n) is 3.26. The Hall–Kier alpha value is -1.50. The Kier molecular flexibility index (Phi) is 4.32. The molecule has 2 rings (SSSR count). The SMILES string of the molecule is CC1(O)CCN(C(=O)Nc2c(Cl)cc(C(=O)O)cc2Cl)C1. The van der Waals surface area contributed by atoms with Crippen LogP contribution in [0.3, 0.4) is 0 Å². The van der Waals surface area contributed by atoms with Crippen LogP contribution in [-0.4, -0.2) is 45.8 Å². The average molecular weight is 333 g/mol. The lowest BCUT2D eigenvalue weighted by Gasteiger charge is -2.20. The number of β-amino-alcohol motifs (C(OH)–C–C–N with tert-alkyl or cyclic N) is 1. The van der Waals surface area contributed by atoms with Gasteiger partial charge in [-0.2, -0.15) is 0 Å². The molecule has 6 nitrogen and oxygen atoms in total. The molecule has 1 atom stereocenters. The number of nitrogens with one attached hydrogen (secondary N) is 1. The molecule has 0 saturated carbocycles. The fourth-order valence-electron chi connectivity index (χ4n) is 2.12. The van der Waals surface area contributed by atoms with Gasteiger partial charge in [-0.25, -0.2) is 9.59 Å². The van der Waals surface area contributed by atoms with Crippen LogP contribution in [0.25, 0.3) is 0 Å². The van der Waals surface area contributed by atoms with Gasteiger partial charge in [0.25, 0.3) is 0 Å². The van der Waals surface area contributed by atoms with Crippen molar-refractivity contribution < 1.29 is 19.8 Å². The Bertz CT molecular complexity index is 581. The number of benzene rings is 1. The lowest BCUT2D eigenvalue weighted by atomic mass is 10.1. The fraction of sp³-hybridized carbons (Fsp3) is 0.385. The van der Waals surface area contributed by atoms with Gasteiger partial charge in [0, 0.05) is 6.54 Å². The molecule has 114 valence electrons. The smallest absolute Gasteiger partial charge is 0.335 e. The number of carbonyl (C=O) groups excluding carboxylic acids is 1. The maximum atomic E-state index is 12.1. The van der Waals surface area contributed by atoms with Crippen molar-refractivity contribution in [2.45, 2.75) is 18.9 Å². The summed E-state index contributed by atoms with van der Waals surface area (Å²) in [7, 11) is 0. The molecule has 8 heteroatoms. The highest BCUT2D eigenvalue weighted by Gasteiger charge is 2.34. The summed E-state index contributed by atoms with van der Waals surface area (Å²) in [5, 5.41) is 21.4. The van der Waals surface area contributed by atoms with E-state index in [-0.39, 0.29) is 27.8 Å². The van der Waals surface area contributed by atoms with Crippen LogP contribution in [0.15, 0.2) is 12.1 Å². The second-order valence-electron chi connectivity index (χ2n) is 5.22. The minimum atomic E-state index is -1.16. The zero-order chi connectivity index (χ0) is 15.8. The number of aliphatic hydroxyl groups is 1. The summed E-state index contributed by atoms with van der Waals surface area (Å²) in [6, 6.07) is 1.98. The van der Waals surface area contributed by atoms with Crippen molar-refractivity contribution in [2.24, 2.45) is 0 Å². The molecule has 1 fully saturated rings. The van der Waals surface area contributed by atoms with Crippen LogP contribution in [0.4, 0.5) is 10.5 Å². The normalized spacial score (nSPS) is 21.4. The third-order valence-corrected chi connectivity index (χ3v) is 3.86. The van der Waals surface area contributed by atoms with Crippen LogP contribution in [0.5, 0.6) is 0 Å². The van der Waals surface area contributed by atoms with E-state index in [0.717, 1.165) is 0 Å². The molecule has 1 aliphatic rings. The van der Waals surface area contributed by atoms with Crippen LogP contribution in [0, 0.1) is 0 Å². The number of carboxylic acids is 1. The molecule has 1 aromatic carbocycles. The molecule has 1 unspecified atom stereocenters. The number of rotatable bonds is 2. The van der Waals surface area contributed by atoms with E-state index in [4.69, 9.17) is 28.3 Å². The van der Waals surface area contributed by atoms with E-state index in [2.05, 4.69) is 5.32 Å². The van der Waals surface area contributed by atoms with E-state index in [1.807, 2.05) is 0 Å². The maximum Gasteiger partial charge on any atom is 0.335 e. The largest absolute Gasteiger partial charge is 0.478 e. The maximum absolute atomic E-state index is 12.1. The zero-order valence-electron chi connectivity index (χ0n) is 11.2. The summed E-state index contributed by atoms with van der Waals surface area (Å²) in [6.07, 6.45) is 0.486. The Morgan fingerprint density at radius 3 is 2.33 bits per heavy atom. The van der Waals surface area contributed by atoms with E-state index in [1.165, 1.54) is 17.0 Å². The van der Waals surface area contributed by atoms with Gasteiger partial charge in [0.2, 0.25) is 0 Å². The summed E-state index contributed by atoms with van der Waals surface area (Å²) in [6.45, 7) is 2.28. The minimum Gasteiger partial charge on any atom is -0.478 e. The van der Waals surface area contributed by atoms with Gasteiger partial charge in [-0.05, 0) is 25.5 Å². The van der Waals surface area contributed by atoms with Crippen molar-refractivity contribution in [3.8, 4) is 0 Å². The van der Waals surface area contributed by atoms with Gasteiger partial charge in [-0.3, -0.25) is 0 Å². The highest BCUT2D eigenvalue weighted by molar-refractivity contribution is 6.40. The summed E-state index contributed by atoms with van der Waals surface area (Å²) in [5.74, 6) is -1.16. The number of aromatic carboxylic acids is 1. The van der Waals surface area contributed by atoms with Crippen molar-refractivity contribution in [1.82, 2.24) is 4.90 Å². The molecular weight excluding hydrogens is 319 g/mol. The number of carboxylic acid groups (broad SMARTS) is 1. The molecule has 1 aromatic rings. The predicted molar refractivity (Wildman–Crippen MR) is 79.3 cm³/mol. The number of hydrogen-bond acceptors (Lipinski definition) is 3. The van der Waals surface area contributed by atoms with Gasteiger partial charge < -0.3 is 20.4 Å². The van der Waals surface area contributed by atoms with E-state index in [9.17, 15) is 14.7 Å². The first-order valence-electron chi connectivity index (χ1n) is 6.20. The van der Waals surface area contributed by atoms with Crippen LogP contribution < -0.4 is 5.32 Å². The van der Waals surface area contributed by atoms with Crippen molar-refractivity contribution in [2.75, 3.05) is 18.4 Å². The number of nitrogens with zero attached hydrogens (tertiary/aromatic N) is 1. The number of anilines is 1. The summed E-state index contributed by atoms with van der Waals surface area (Å²) < 4.78 is 0. The molecule has 0 radical (unpaired) electrons. The molecule has 21 heavy (non-hydrogen) atoms. The van der Waals surface area contributed by atoms with Crippen molar-refractivity contribution in [1.29, 1.82) is 0 Å². The number of carbonyl (C=O) groups is 2. The fourth-order valence-corrected chi connectivity index (χ4v) is 2.70. The lowest BCUT2D eigenvalue weighted by Crippen LogP contribution is -2.36. The third kappa shape index (κ3) is 3.58. The van der Waals surface area contributed by atoms with Gasteiger partial charge in [0.05, 0.1) is 33.4 Å². The van der Waals surface area contributed by atoms with Crippen LogP contribution in [0.2, 0.25) is 10.0 Å². The lowest BCUT2D eigenvalue weighted by molar-refractivity contribution is 0.0695. The first kappa shape index (κ1) is 15.9. The van der Waals surface area contributed by atoms with Crippen LogP contribution >= 0.6 is 23.2 Å². The Morgan fingerprint density at radius 2 is 1.90 bits per heavy atom. The highest BCUT2D eigenvalue weighted by Crippen LogP contribution is 2.32. The number of halogens is 2. The first-order valence-corrected chi connectivity index (χ1v) is 6.96. The summed E-state index contributed by atoms with van der Waals surface area (Å²) in [5.41, 5.74) is -0.815. The minimum absolute atomic E-state index is 0.0409. The number of urea groups is 1. The molecule has 1 heterocycles. The predicted octanol–water partition coefficient (Wildman–Crippen LogP) is 2.68. The van der Waals surface area contributed by atoms with Gasteiger partial charge in [-0.1, -0.05) is 23.2 Å². The quantitative estimate of drug-likeness (QED) is 0.776. The summed E-state index contributed by atoms with van der Waals surface area (Å²) in [4.78, 5) is 24.4. The molecule has 2 amide bonds. The molecule has 0 spiro atoms. The van der Waals surface area contributed by atoms with E-state index in [0.29, 0.717) is 13.0 Å². The molecule has 0 aromatic heterocycles. The molecule has 0 aliphatic carbocycles. The van der Waals surface area contributed by atoms with Crippen LogP contribution in [0.1, 0.15) is 23.7 Å². The van der Waals surface area contributed by atoms with Crippen molar-refractivity contribution >= 4 is 40.9 Å². The Morgan fingerprint density at radius 1 is 1.33 bits per heavy atom. The van der Waals surface area contributed by atoms with Crippen molar-refractivity contribution in [3.63, 3.8) is 0 Å². The summed E-state index contributed by atoms with van der Waals surface area (Å²) >= 11 is 11.9. The molecule has 1 aliphatic heterocycles. The first-order chi connectivity index (χ1) is 9.69. The number of likely N-dealkylation sites (tertiary alicyclic amines) is 1. The van der Waals surface area contributed by atoms with Gasteiger partial charge >= 0.3 is 12.0 Å². The van der Waals surface area contributed by atoms with E-state index < -0.39 is 17.6 Å². The van der Waals surface area contributed by atoms with Crippen LogP contribution in [-0.2, 0) is 0 Å². The Labute approximate surface area is 131 Å². The molecule has 1 saturated heterocycles. The zero-order valence-corrected chi connectivity index (χ0v) is 12.7. The topological polar surface area (TPSA) is 89.9 Å². The molecular formula is C13H14Cl2N2O4. The van der Waals surface area contributed by atoms with Crippen molar-refractivity contribution in [3.05, 3.63) is 27.7 Å². The van der Waals surface area contributed by atoms with E-state index >= 15 is 0 Å². The monoisotopic (exact) mass is 332 g/mol. The second-order valence-corrected chi connectivity index (χ2v) is 6.03. The molecule has 3 N–H and O–H groups in total. The second kappa shape index (κ2) is 5.71. The molecule has 0 bridgehead atoms. The standard InChI is InChI=1S/C13H14Cl2N2O4/c1-13(21)2-3-17(6-13)12(20)16-10-8(14)4-7(11(18)19)5-9(10)15/h4-5,21H,2-3,6H2,1H3,(H,16,20)(H,18,19). The van der Waals surface area contributed by atoms with Gasteiger partial charge in [0.1, 0.15) is 0 Å². The highest BCUT2D eigenvalue weighted by atomic mass is 35.5. The van der Waals surface area contributed by atoms with E-state index in [1.54, 1.807) is 6.92 Å². The van der Waals surface area contributed by atoms with Gasteiger partial charge in [-0.15, -0.1) is 0 Å². The number of hydrogen-bond donors (Lipinski definition) is 3. The average Bonchev–Trinajstić information content (AvgIpc) is 2.73. The van der Waals surface area contributed by atoms with Gasteiger partial charge in [0.15, 0.2) is 0 Å². The Balaban J connectivity index is 2.17.